The van der Waals surface area contributed by atoms with Gasteiger partial charge in [-0.3, -0.25) is 4.99 Å². The molecule has 0 aliphatic rings. The fourth-order valence-electron chi connectivity index (χ4n) is 1.99. The van der Waals surface area contributed by atoms with Gasteiger partial charge in [-0.25, -0.2) is 8.42 Å². The average molecular weight is 341 g/mol. The Morgan fingerprint density at radius 1 is 1.39 bits per heavy atom. The molecule has 1 unspecified atom stereocenters. The second-order valence-corrected chi connectivity index (χ2v) is 7.73. The Kier molecular flexibility index (Phi) is 7.88. The molecule has 0 saturated heterocycles. The molecular weight excluding hydrogens is 314 g/mol. The minimum atomic E-state index is -2.94. The monoisotopic (exact) mass is 341 g/mol. The first-order valence-corrected chi connectivity index (χ1v) is 9.76. The third-order valence-corrected chi connectivity index (χ3v) is 4.18. The topological polar surface area (TPSA) is 79.8 Å². The second-order valence-electron chi connectivity index (χ2n) is 5.47. The molecule has 0 saturated carbocycles. The molecule has 1 aromatic rings. The molecule has 2 N–H and O–H groups in total. The molecular formula is C16H27N3O3S. The maximum absolute atomic E-state index is 11.2. The van der Waals surface area contributed by atoms with E-state index in [9.17, 15) is 8.42 Å². The van der Waals surface area contributed by atoms with Crippen LogP contribution in [0, 0.1) is 0 Å². The zero-order valence-corrected chi connectivity index (χ0v) is 15.1. The number of nitrogens with zero attached hydrogens (tertiary/aromatic N) is 1. The van der Waals surface area contributed by atoms with Gasteiger partial charge in [0.1, 0.15) is 15.6 Å². The van der Waals surface area contributed by atoms with Crippen molar-refractivity contribution in [3.63, 3.8) is 0 Å². The SMILES string of the molecule is CCOc1cccc(CNC(=NC)NC(C)CCS(C)(=O)=O)c1. The molecule has 0 radical (unpaired) electrons. The summed E-state index contributed by atoms with van der Waals surface area (Å²) in [4.78, 5) is 4.16. The number of hydrogen-bond acceptors (Lipinski definition) is 4. The fraction of sp³-hybridized carbons (Fsp3) is 0.562. The Balaban J connectivity index is 2.49. The summed E-state index contributed by atoms with van der Waals surface area (Å²) >= 11 is 0. The van der Waals surface area contributed by atoms with E-state index in [0.717, 1.165) is 11.3 Å². The second kappa shape index (κ2) is 9.39. The van der Waals surface area contributed by atoms with Crippen molar-refractivity contribution >= 4 is 15.8 Å². The van der Waals surface area contributed by atoms with Crippen LogP contribution in [0.15, 0.2) is 29.3 Å². The highest BCUT2D eigenvalue weighted by Crippen LogP contribution is 2.12. The summed E-state index contributed by atoms with van der Waals surface area (Å²) in [5, 5.41) is 6.41. The van der Waals surface area contributed by atoms with Gasteiger partial charge in [0.2, 0.25) is 0 Å². The van der Waals surface area contributed by atoms with E-state index < -0.39 is 9.84 Å². The summed E-state index contributed by atoms with van der Waals surface area (Å²) in [6, 6.07) is 7.89. The Hall–Kier alpha value is -1.76. The van der Waals surface area contributed by atoms with E-state index in [0.29, 0.717) is 25.5 Å². The van der Waals surface area contributed by atoms with Gasteiger partial charge in [0.05, 0.1) is 12.4 Å². The molecule has 0 aliphatic heterocycles. The van der Waals surface area contributed by atoms with E-state index in [1.165, 1.54) is 6.26 Å². The Labute approximate surface area is 139 Å². The van der Waals surface area contributed by atoms with Gasteiger partial charge >= 0.3 is 0 Å². The standard InChI is InChI=1S/C16H27N3O3S/c1-5-22-15-8-6-7-14(11-15)12-18-16(17-3)19-13(2)9-10-23(4,20)21/h6-8,11,13H,5,9-10,12H2,1-4H3,(H2,17,18,19). The maximum Gasteiger partial charge on any atom is 0.191 e. The summed E-state index contributed by atoms with van der Waals surface area (Å²) in [6.07, 6.45) is 1.79. The van der Waals surface area contributed by atoms with E-state index in [2.05, 4.69) is 15.6 Å². The van der Waals surface area contributed by atoms with Crippen LogP contribution in [-0.2, 0) is 16.4 Å². The quantitative estimate of drug-likeness (QED) is 0.554. The summed E-state index contributed by atoms with van der Waals surface area (Å²) in [6.45, 7) is 5.14. The van der Waals surface area contributed by atoms with Crippen molar-refractivity contribution < 1.29 is 13.2 Å². The minimum Gasteiger partial charge on any atom is -0.494 e. The molecule has 7 heteroatoms. The molecule has 0 aromatic heterocycles. The van der Waals surface area contributed by atoms with Crippen molar-refractivity contribution in [3.05, 3.63) is 29.8 Å². The molecule has 0 fully saturated rings. The highest BCUT2D eigenvalue weighted by atomic mass is 32.2. The molecule has 23 heavy (non-hydrogen) atoms. The smallest absolute Gasteiger partial charge is 0.191 e. The van der Waals surface area contributed by atoms with Crippen molar-refractivity contribution in [1.82, 2.24) is 10.6 Å². The predicted molar refractivity (Wildman–Crippen MR) is 94.7 cm³/mol. The van der Waals surface area contributed by atoms with Crippen LogP contribution in [0.5, 0.6) is 5.75 Å². The van der Waals surface area contributed by atoms with Crippen LogP contribution in [-0.4, -0.2) is 46.1 Å². The van der Waals surface area contributed by atoms with Crippen LogP contribution in [0.4, 0.5) is 0 Å². The van der Waals surface area contributed by atoms with Crippen LogP contribution in [0.25, 0.3) is 0 Å². The number of hydrogen-bond donors (Lipinski definition) is 2. The van der Waals surface area contributed by atoms with Gasteiger partial charge < -0.3 is 15.4 Å². The van der Waals surface area contributed by atoms with Gasteiger partial charge in [0.15, 0.2) is 5.96 Å². The van der Waals surface area contributed by atoms with E-state index >= 15 is 0 Å². The largest absolute Gasteiger partial charge is 0.494 e. The summed E-state index contributed by atoms with van der Waals surface area (Å²) in [5.41, 5.74) is 1.09. The van der Waals surface area contributed by atoms with Gasteiger partial charge in [-0.1, -0.05) is 12.1 Å². The lowest BCUT2D eigenvalue weighted by Crippen LogP contribution is -2.42. The van der Waals surface area contributed by atoms with Crippen molar-refractivity contribution in [2.45, 2.75) is 32.9 Å². The number of aliphatic imine (C=N–C) groups is 1. The number of nitrogens with one attached hydrogen (secondary N) is 2. The van der Waals surface area contributed by atoms with Crippen LogP contribution >= 0.6 is 0 Å². The van der Waals surface area contributed by atoms with E-state index in [4.69, 9.17) is 4.74 Å². The lowest BCUT2D eigenvalue weighted by molar-refractivity contribution is 0.340. The summed E-state index contributed by atoms with van der Waals surface area (Å²) < 4.78 is 27.9. The van der Waals surface area contributed by atoms with Crippen LogP contribution in [0.2, 0.25) is 0 Å². The summed E-state index contributed by atoms with van der Waals surface area (Å²) in [5.74, 6) is 1.65. The Bertz CT molecular complexity index is 615. The number of sulfone groups is 1. The third-order valence-electron chi connectivity index (χ3n) is 3.20. The van der Waals surface area contributed by atoms with Crippen LogP contribution < -0.4 is 15.4 Å². The number of ether oxygens (including phenoxy) is 1. The highest BCUT2D eigenvalue weighted by molar-refractivity contribution is 7.90. The number of rotatable bonds is 8. The minimum absolute atomic E-state index is 0.0192. The molecule has 0 amide bonds. The first-order chi connectivity index (χ1) is 10.8. The lowest BCUT2D eigenvalue weighted by Gasteiger charge is -2.17. The molecule has 1 aromatic carbocycles. The van der Waals surface area contributed by atoms with E-state index in [1.54, 1.807) is 7.05 Å². The molecule has 130 valence electrons. The molecule has 6 nitrogen and oxygen atoms in total. The fourth-order valence-corrected chi connectivity index (χ4v) is 2.77. The molecule has 0 bridgehead atoms. The van der Waals surface area contributed by atoms with Gasteiger partial charge in [-0.05, 0) is 38.0 Å². The van der Waals surface area contributed by atoms with Crippen molar-refractivity contribution in [3.8, 4) is 5.75 Å². The molecule has 0 heterocycles. The van der Waals surface area contributed by atoms with Crippen molar-refractivity contribution in [2.75, 3.05) is 25.7 Å². The first kappa shape index (κ1) is 19.3. The van der Waals surface area contributed by atoms with Crippen LogP contribution in [0.3, 0.4) is 0 Å². The van der Waals surface area contributed by atoms with Crippen molar-refractivity contribution in [1.29, 1.82) is 0 Å². The number of guanidine groups is 1. The molecule has 0 spiro atoms. The van der Waals surface area contributed by atoms with Gasteiger partial charge in [0.25, 0.3) is 0 Å². The molecule has 0 aliphatic carbocycles. The van der Waals surface area contributed by atoms with Crippen molar-refractivity contribution in [2.24, 2.45) is 4.99 Å². The van der Waals surface area contributed by atoms with Gasteiger partial charge in [0, 0.05) is 25.9 Å². The maximum atomic E-state index is 11.2. The zero-order chi connectivity index (χ0) is 17.3. The molecule has 1 atom stereocenters. The Morgan fingerprint density at radius 2 is 2.13 bits per heavy atom. The highest BCUT2D eigenvalue weighted by Gasteiger charge is 2.09. The number of benzene rings is 1. The normalized spacial score (nSPS) is 13.5. The molecule has 1 rings (SSSR count). The van der Waals surface area contributed by atoms with Gasteiger partial charge in [-0.2, -0.15) is 0 Å². The third kappa shape index (κ3) is 8.44. The lowest BCUT2D eigenvalue weighted by atomic mass is 10.2. The summed E-state index contributed by atoms with van der Waals surface area (Å²) in [7, 11) is -1.25. The predicted octanol–water partition coefficient (Wildman–Crippen LogP) is 1.57. The van der Waals surface area contributed by atoms with Crippen LogP contribution in [0.1, 0.15) is 25.8 Å². The average Bonchev–Trinajstić information content (AvgIpc) is 2.49. The van der Waals surface area contributed by atoms with Gasteiger partial charge in [-0.15, -0.1) is 0 Å². The van der Waals surface area contributed by atoms with E-state index in [1.807, 2.05) is 38.1 Å². The first-order valence-electron chi connectivity index (χ1n) is 7.70. The Morgan fingerprint density at radius 3 is 2.74 bits per heavy atom. The van der Waals surface area contributed by atoms with E-state index in [-0.39, 0.29) is 11.8 Å². The zero-order valence-electron chi connectivity index (χ0n) is 14.3.